The molecule has 0 amide bonds. The minimum atomic E-state index is -0.0927. The Hall–Kier alpha value is -2.59. The lowest BCUT2D eigenvalue weighted by Gasteiger charge is -2.25. The number of hydrogen-bond acceptors (Lipinski definition) is 4. The van der Waals surface area contributed by atoms with Gasteiger partial charge in [-0.2, -0.15) is 0 Å². The van der Waals surface area contributed by atoms with Crippen molar-refractivity contribution in [2.24, 2.45) is 0 Å². The minimum Gasteiger partial charge on any atom is -0.397 e. The number of aliphatic hydroxyl groups is 1. The third-order valence-corrected chi connectivity index (χ3v) is 5.10. The Labute approximate surface area is 161 Å². The first-order valence-corrected chi connectivity index (χ1v) is 9.62. The molecule has 1 aliphatic carbocycles. The van der Waals surface area contributed by atoms with E-state index in [9.17, 15) is 4.79 Å². The van der Waals surface area contributed by atoms with Crippen LogP contribution < -0.4 is 10.6 Å². The summed E-state index contributed by atoms with van der Waals surface area (Å²) in [6.07, 6.45) is 2.49. The van der Waals surface area contributed by atoms with E-state index in [1.54, 1.807) is 6.92 Å². The fourth-order valence-electron chi connectivity index (χ4n) is 3.65. The number of carbonyl (C=O) groups excluding carboxylic acids is 1. The molecule has 0 saturated heterocycles. The molecule has 0 radical (unpaired) electrons. The molecule has 0 fully saturated rings. The zero-order valence-electron chi connectivity index (χ0n) is 16.3. The average molecular weight is 364 g/mol. The van der Waals surface area contributed by atoms with Crippen molar-refractivity contribution in [3.05, 3.63) is 70.4 Å². The number of fused-ring (bicyclic) bond motifs is 1. The van der Waals surface area contributed by atoms with E-state index in [-0.39, 0.29) is 18.4 Å². The smallest absolute Gasteiger partial charge is 0.163 e. The zero-order chi connectivity index (χ0) is 19.4. The molecule has 1 unspecified atom stereocenters. The molecule has 0 saturated carbocycles. The van der Waals surface area contributed by atoms with Gasteiger partial charge in [0.15, 0.2) is 5.78 Å². The summed E-state index contributed by atoms with van der Waals surface area (Å²) in [5.74, 6) is 0.256. The summed E-state index contributed by atoms with van der Waals surface area (Å²) in [6.45, 7) is 6.18. The molecular weight excluding hydrogens is 336 g/mol. The molecule has 1 aliphatic heterocycles. The Kier molecular flexibility index (Phi) is 5.97. The average Bonchev–Trinajstić information content (AvgIpc) is 2.81. The number of rotatable bonds is 1. The summed E-state index contributed by atoms with van der Waals surface area (Å²) in [7, 11) is 0. The van der Waals surface area contributed by atoms with E-state index in [1.807, 2.05) is 18.2 Å². The third kappa shape index (κ3) is 4.06. The number of nitrogens with one attached hydrogen (secondary N) is 2. The summed E-state index contributed by atoms with van der Waals surface area (Å²) in [5, 5.41) is 14.8. The molecular formula is C23H28N2O2. The Morgan fingerprint density at radius 3 is 2.33 bits per heavy atom. The highest BCUT2D eigenvalue weighted by atomic mass is 16.2. The number of carbonyl (C=O) groups is 1. The van der Waals surface area contributed by atoms with Crippen LogP contribution >= 0.6 is 0 Å². The monoisotopic (exact) mass is 364 g/mol. The van der Waals surface area contributed by atoms with E-state index >= 15 is 0 Å². The van der Waals surface area contributed by atoms with Gasteiger partial charge in [0.25, 0.3) is 0 Å². The molecule has 0 aromatic heterocycles. The van der Waals surface area contributed by atoms with E-state index in [0.29, 0.717) is 6.42 Å². The molecule has 0 bridgehead atoms. The van der Waals surface area contributed by atoms with Crippen LogP contribution in [-0.4, -0.2) is 17.5 Å². The van der Waals surface area contributed by atoms with E-state index in [4.69, 9.17) is 5.11 Å². The van der Waals surface area contributed by atoms with Crippen LogP contribution in [0.25, 0.3) is 0 Å². The van der Waals surface area contributed by atoms with Crippen molar-refractivity contribution in [1.82, 2.24) is 0 Å². The van der Waals surface area contributed by atoms with Crippen molar-refractivity contribution in [3.8, 4) is 0 Å². The van der Waals surface area contributed by atoms with Gasteiger partial charge < -0.3 is 15.7 Å². The van der Waals surface area contributed by atoms with Crippen molar-refractivity contribution in [2.75, 3.05) is 17.2 Å². The number of ketones is 1. The minimum absolute atomic E-state index is 0.0927. The van der Waals surface area contributed by atoms with Crippen molar-refractivity contribution in [3.63, 3.8) is 0 Å². The van der Waals surface area contributed by atoms with Crippen LogP contribution in [0.5, 0.6) is 0 Å². The quantitative estimate of drug-likeness (QED) is 0.674. The van der Waals surface area contributed by atoms with E-state index in [1.165, 1.54) is 11.1 Å². The van der Waals surface area contributed by atoms with Crippen LogP contribution in [0, 0.1) is 13.8 Å². The Bertz CT molecular complexity index is 856. The number of hydrogen-bond donors (Lipinski definition) is 3. The van der Waals surface area contributed by atoms with Crippen LogP contribution in [0.15, 0.2) is 53.7 Å². The SMILES string of the molecule is CCO.Cc1cc2c(cc1C)NC(c1ccccc1)C1=C(CCCC1=O)N2. The van der Waals surface area contributed by atoms with Gasteiger partial charge in [-0.05, 0) is 62.4 Å². The number of aryl methyl sites for hydroxylation is 2. The van der Waals surface area contributed by atoms with Gasteiger partial charge in [0.2, 0.25) is 0 Å². The van der Waals surface area contributed by atoms with Gasteiger partial charge in [0, 0.05) is 24.3 Å². The predicted molar refractivity (Wildman–Crippen MR) is 111 cm³/mol. The van der Waals surface area contributed by atoms with Crippen LogP contribution in [0.4, 0.5) is 11.4 Å². The number of Topliss-reactive ketones (excluding diaryl/α,β-unsaturated/α-hetero) is 1. The first-order chi connectivity index (χ1) is 13.0. The van der Waals surface area contributed by atoms with Crippen molar-refractivity contribution in [2.45, 2.75) is 46.1 Å². The van der Waals surface area contributed by atoms with Gasteiger partial charge in [-0.15, -0.1) is 0 Å². The molecule has 4 heteroatoms. The van der Waals surface area contributed by atoms with Crippen LogP contribution in [0.2, 0.25) is 0 Å². The second-order valence-corrected chi connectivity index (χ2v) is 7.08. The molecule has 4 rings (SSSR count). The topological polar surface area (TPSA) is 61.4 Å². The number of aliphatic hydroxyl groups excluding tert-OH is 1. The Morgan fingerprint density at radius 2 is 1.67 bits per heavy atom. The summed E-state index contributed by atoms with van der Waals surface area (Å²) >= 11 is 0. The second kappa shape index (κ2) is 8.40. The van der Waals surface area contributed by atoms with Crippen molar-refractivity contribution >= 4 is 17.2 Å². The molecule has 2 aromatic rings. The Morgan fingerprint density at radius 1 is 1.04 bits per heavy atom. The maximum atomic E-state index is 12.7. The second-order valence-electron chi connectivity index (χ2n) is 7.08. The zero-order valence-corrected chi connectivity index (χ0v) is 16.3. The molecule has 27 heavy (non-hydrogen) atoms. The molecule has 3 N–H and O–H groups in total. The van der Waals surface area contributed by atoms with Gasteiger partial charge in [0.1, 0.15) is 0 Å². The molecule has 2 aliphatic rings. The van der Waals surface area contributed by atoms with Crippen molar-refractivity contribution in [1.29, 1.82) is 0 Å². The van der Waals surface area contributed by atoms with Gasteiger partial charge in [-0.3, -0.25) is 4.79 Å². The summed E-state index contributed by atoms with van der Waals surface area (Å²) in [5.41, 5.74) is 7.75. The summed E-state index contributed by atoms with van der Waals surface area (Å²) in [6, 6.07) is 14.5. The molecule has 0 spiro atoms. The lowest BCUT2D eigenvalue weighted by atomic mass is 9.87. The fraction of sp³-hybridized carbons (Fsp3) is 0.348. The predicted octanol–water partition coefficient (Wildman–Crippen LogP) is 4.89. The van der Waals surface area contributed by atoms with Crippen LogP contribution in [0.1, 0.15) is 48.9 Å². The van der Waals surface area contributed by atoms with E-state index in [2.05, 4.69) is 48.7 Å². The van der Waals surface area contributed by atoms with E-state index in [0.717, 1.165) is 41.1 Å². The normalized spacial score (nSPS) is 18.2. The largest absolute Gasteiger partial charge is 0.397 e. The van der Waals surface area contributed by atoms with Crippen molar-refractivity contribution < 1.29 is 9.90 Å². The van der Waals surface area contributed by atoms with Gasteiger partial charge in [-0.25, -0.2) is 0 Å². The third-order valence-electron chi connectivity index (χ3n) is 5.10. The summed E-state index contributed by atoms with van der Waals surface area (Å²) < 4.78 is 0. The highest BCUT2D eigenvalue weighted by Gasteiger charge is 2.32. The number of benzene rings is 2. The highest BCUT2D eigenvalue weighted by molar-refractivity contribution is 6.00. The van der Waals surface area contributed by atoms with Crippen LogP contribution in [-0.2, 0) is 4.79 Å². The first-order valence-electron chi connectivity index (χ1n) is 9.62. The molecule has 1 atom stereocenters. The molecule has 4 nitrogen and oxygen atoms in total. The molecule has 2 aromatic carbocycles. The Balaban J connectivity index is 0.000000659. The standard InChI is InChI=1S/C21H22N2O.C2H6O/c1-13-11-17-18(12-14(13)2)23-21(15-7-4-3-5-8-15)20-16(22-17)9-6-10-19(20)24;1-2-3/h3-5,7-8,11-12,21-23H,6,9-10H2,1-2H3;3H,2H2,1H3. The lowest BCUT2D eigenvalue weighted by molar-refractivity contribution is -0.116. The summed E-state index contributed by atoms with van der Waals surface area (Å²) in [4.78, 5) is 12.7. The maximum absolute atomic E-state index is 12.7. The highest BCUT2D eigenvalue weighted by Crippen LogP contribution is 2.41. The van der Waals surface area contributed by atoms with Gasteiger partial charge in [-0.1, -0.05) is 30.3 Å². The van der Waals surface area contributed by atoms with Gasteiger partial charge >= 0.3 is 0 Å². The van der Waals surface area contributed by atoms with Crippen LogP contribution in [0.3, 0.4) is 0 Å². The number of allylic oxidation sites excluding steroid dienone is 1. The van der Waals surface area contributed by atoms with Gasteiger partial charge in [0.05, 0.1) is 17.4 Å². The fourth-order valence-corrected chi connectivity index (χ4v) is 3.65. The molecule has 1 heterocycles. The first kappa shape index (κ1) is 19.2. The number of anilines is 2. The lowest BCUT2D eigenvalue weighted by Crippen LogP contribution is -2.23. The van der Waals surface area contributed by atoms with E-state index < -0.39 is 0 Å². The molecule has 142 valence electrons. The maximum Gasteiger partial charge on any atom is 0.163 e.